The minimum atomic E-state index is -3.14. The molecule has 0 bridgehead atoms. The standard InChI is InChI=1S/C12H20N4O3S/c1-3-4-6-15-16-12(17)10-5-7-13-11(8-10)14-9-20(2,18)19/h5,7-8,15H,3-4,6,9H2,1-2H3,(H,13,14)(H,16,17). The highest BCUT2D eigenvalue weighted by Gasteiger charge is 2.07. The van der Waals surface area contributed by atoms with Gasteiger partial charge in [-0.1, -0.05) is 13.3 Å². The predicted molar refractivity (Wildman–Crippen MR) is 77.9 cm³/mol. The molecule has 0 unspecified atom stereocenters. The molecular weight excluding hydrogens is 280 g/mol. The van der Waals surface area contributed by atoms with Gasteiger partial charge in [0.2, 0.25) is 0 Å². The summed E-state index contributed by atoms with van der Waals surface area (Å²) < 4.78 is 22.1. The Bertz CT molecular complexity index is 545. The third kappa shape index (κ3) is 6.48. The molecule has 1 amide bonds. The van der Waals surface area contributed by atoms with Crippen LogP contribution in [0, 0.1) is 0 Å². The lowest BCUT2D eigenvalue weighted by Crippen LogP contribution is -2.37. The van der Waals surface area contributed by atoms with Crippen LogP contribution < -0.4 is 16.2 Å². The summed E-state index contributed by atoms with van der Waals surface area (Å²) in [5, 5.41) is 2.66. The molecule has 3 N–H and O–H groups in total. The normalized spacial score (nSPS) is 11.1. The molecule has 0 saturated carbocycles. The van der Waals surface area contributed by atoms with Crippen LogP contribution in [0.15, 0.2) is 18.3 Å². The van der Waals surface area contributed by atoms with Crippen LogP contribution in [-0.2, 0) is 9.84 Å². The summed E-state index contributed by atoms with van der Waals surface area (Å²) in [6.45, 7) is 2.76. The topological polar surface area (TPSA) is 100 Å². The quantitative estimate of drug-likeness (QED) is 0.478. The number of amides is 1. The Hall–Kier alpha value is -1.67. The summed E-state index contributed by atoms with van der Waals surface area (Å²) in [5.41, 5.74) is 5.80. The largest absolute Gasteiger partial charge is 0.356 e. The number of nitrogens with one attached hydrogen (secondary N) is 3. The Morgan fingerprint density at radius 2 is 2.15 bits per heavy atom. The van der Waals surface area contributed by atoms with Gasteiger partial charge in [-0.25, -0.2) is 18.8 Å². The number of hydrazine groups is 1. The molecule has 0 fully saturated rings. The van der Waals surface area contributed by atoms with Crippen LogP contribution in [0.2, 0.25) is 0 Å². The predicted octanol–water partition coefficient (Wildman–Crippen LogP) is 0.530. The number of rotatable bonds is 8. The lowest BCUT2D eigenvalue weighted by molar-refractivity contribution is 0.0933. The number of hydrogen-bond donors (Lipinski definition) is 3. The summed E-state index contributed by atoms with van der Waals surface area (Å²) in [6, 6.07) is 3.06. The van der Waals surface area contributed by atoms with Gasteiger partial charge in [-0.05, 0) is 18.6 Å². The van der Waals surface area contributed by atoms with E-state index in [1.807, 2.05) is 0 Å². The molecule has 0 atom stereocenters. The van der Waals surface area contributed by atoms with Crippen molar-refractivity contribution in [2.45, 2.75) is 19.8 Å². The smallest absolute Gasteiger partial charge is 0.265 e. The summed E-state index contributed by atoms with van der Waals surface area (Å²) in [7, 11) is -3.14. The van der Waals surface area contributed by atoms with Crippen LogP contribution in [0.3, 0.4) is 0 Å². The van der Waals surface area contributed by atoms with Gasteiger partial charge in [0.15, 0.2) is 9.84 Å². The third-order valence-electron chi connectivity index (χ3n) is 2.39. The molecule has 1 rings (SSSR count). The second-order valence-corrected chi connectivity index (χ2v) is 6.55. The fourth-order valence-electron chi connectivity index (χ4n) is 1.35. The van der Waals surface area contributed by atoms with E-state index >= 15 is 0 Å². The Morgan fingerprint density at radius 1 is 1.40 bits per heavy atom. The van der Waals surface area contributed by atoms with Crippen LogP contribution >= 0.6 is 0 Å². The molecule has 7 nitrogen and oxygen atoms in total. The number of unbranched alkanes of at least 4 members (excludes halogenated alkanes) is 1. The number of anilines is 1. The average molecular weight is 300 g/mol. The summed E-state index contributed by atoms with van der Waals surface area (Å²) in [4.78, 5) is 15.8. The maximum absolute atomic E-state index is 11.8. The molecule has 1 heterocycles. The monoisotopic (exact) mass is 300 g/mol. The second kappa shape index (κ2) is 7.81. The van der Waals surface area contributed by atoms with Crippen LogP contribution in [0.4, 0.5) is 5.82 Å². The summed E-state index contributed by atoms with van der Waals surface area (Å²) >= 11 is 0. The van der Waals surface area contributed by atoms with E-state index in [1.54, 1.807) is 6.07 Å². The van der Waals surface area contributed by atoms with Crippen LogP contribution in [0.1, 0.15) is 30.1 Å². The van der Waals surface area contributed by atoms with Gasteiger partial charge < -0.3 is 5.32 Å². The molecule has 112 valence electrons. The number of aromatic nitrogens is 1. The van der Waals surface area contributed by atoms with Crippen LogP contribution in [-0.4, -0.2) is 38.0 Å². The number of sulfone groups is 1. The Balaban J connectivity index is 2.56. The van der Waals surface area contributed by atoms with E-state index in [0.717, 1.165) is 19.1 Å². The fourth-order valence-corrected chi connectivity index (χ4v) is 1.76. The van der Waals surface area contributed by atoms with E-state index in [2.05, 4.69) is 28.1 Å². The Kier molecular flexibility index (Phi) is 6.40. The number of pyridine rings is 1. The number of hydrogen-bond acceptors (Lipinski definition) is 6. The maximum Gasteiger partial charge on any atom is 0.265 e. The zero-order chi connectivity index (χ0) is 15.0. The molecular formula is C12H20N4O3S. The molecule has 0 aliphatic heterocycles. The lowest BCUT2D eigenvalue weighted by Gasteiger charge is -2.08. The molecule has 0 spiro atoms. The van der Waals surface area contributed by atoms with E-state index in [1.165, 1.54) is 12.3 Å². The van der Waals surface area contributed by atoms with Crippen LogP contribution in [0.5, 0.6) is 0 Å². The molecule has 0 aliphatic carbocycles. The molecule has 0 aromatic carbocycles. The molecule has 20 heavy (non-hydrogen) atoms. The Labute approximate surface area is 119 Å². The molecule has 8 heteroatoms. The summed E-state index contributed by atoms with van der Waals surface area (Å²) in [6.07, 6.45) is 4.58. The third-order valence-corrected chi connectivity index (χ3v) is 3.06. The molecule has 1 aromatic rings. The maximum atomic E-state index is 11.8. The first-order valence-electron chi connectivity index (χ1n) is 6.33. The molecule has 1 aromatic heterocycles. The Morgan fingerprint density at radius 3 is 2.80 bits per heavy atom. The van der Waals surface area contributed by atoms with Crippen molar-refractivity contribution in [3.8, 4) is 0 Å². The van der Waals surface area contributed by atoms with Crippen molar-refractivity contribution in [1.82, 2.24) is 15.8 Å². The highest BCUT2D eigenvalue weighted by atomic mass is 32.2. The van der Waals surface area contributed by atoms with Crippen molar-refractivity contribution < 1.29 is 13.2 Å². The number of carbonyl (C=O) groups is 1. The van der Waals surface area contributed by atoms with E-state index < -0.39 is 9.84 Å². The van der Waals surface area contributed by atoms with E-state index in [4.69, 9.17) is 0 Å². The van der Waals surface area contributed by atoms with Gasteiger partial charge in [0.05, 0.1) is 0 Å². The molecule has 0 radical (unpaired) electrons. The van der Waals surface area contributed by atoms with Gasteiger partial charge >= 0.3 is 0 Å². The van der Waals surface area contributed by atoms with Gasteiger partial charge in [0.1, 0.15) is 11.7 Å². The fraction of sp³-hybridized carbons (Fsp3) is 0.500. The highest BCUT2D eigenvalue weighted by molar-refractivity contribution is 7.90. The molecule has 0 saturated heterocycles. The number of carbonyl (C=O) groups excluding carboxylic acids is 1. The van der Waals surface area contributed by atoms with Crippen LogP contribution in [0.25, 0.3) is 0 Å². The minimum Gasteiger partial charge on any atom is -0.356 e. The average Bonchev–Trinajstić information content (AvgIpc) is 2.41. The van der Waals surface area contributed by atoms with E-state index in [-0.39, 0.29) is 11.8 Å². The lowest BCUT2D eigenvalue weighted by atomic mass is 10.2. The van der Waals surface area contributed by atoms with Crippen molar-refractivity contribution in [2.24, 2.45) is 0 Å². The van der Waals surface area contributed by atoms with Gasteiger partial charge in [0, 0.05) is 24.6 Å². The van der Waals surface area contributed by atoms with Gasteiger partial charge in [-0.2, -0.15) is 0 Å². The van der Waals surface area contributed by atoms with Crippen molar-refractivity contribution in [3.05, 3.63) is 23.9 Å². The first-order chi connectivity index (χ1) is 9.42. The zero-order valence-electron chi connectivity index (χ0n) is 11.6. The van der Waals surface area contributed by atoms with Crippen molar-refractivity contribution in [1.29, 1.82) is 0 Å². The SMILES string of the molecule is CCCCNNC(=O)c1ccnc(NCS(C)(=O)=O)c1. The van der Waals surface area contributed by atoms with Gasteiger partial charge in [-0.15, -0.1) is 0 Å². The van der Waals surface area contributed by atoms with Gasteiger partial charge in [0.25, 0.3) is 5.91 Å². The highest BCUT2D eigenvalue weighted by Crippen LogP contribution is 2.06. The summed E-state index contributed by atoms with van der Waals surface area (Å²) in [5.74, 6) is -0.164. The van der Waals surface area contributed by atoms with Crippen molar-refractivity contribution >= 4 is 21.6 Å². The van der Waals surface area contributed by atoms with Crippen molar-refractivity contribution in [3.63, 3.8) is 0 Å². The van der Waals surface area contributed by atoms with E-state index in [0.29, 0.717) is 17.9 Å². The van der Waals surface area contributed by atoms with E-state index in [9.17, 15) is 13.2 Å². The first-order valence-corrected chi connectivity index (χ1v) is 8.39. The minimum absolute atomic E-state index is 0.222. The molecule has 0 aliphatic rings. The van der Waals surface area contributed by atoms with Crippen molar-refractivity contribution in [2.75, 3.05) is 24.0 Å². The zero-order valence-corrected chi connectivity index (χ0v) is 12.5. The second-order valence-electron chi connectivity index (χ2n) is 4.41. The number of nitrogens with zero attached hydrogens (tertiary/aromatic N) is 1. The first kappa shape index (κ1) is 16.4. The van der Waals surface area contributed by atoms with Gasteiger partial charge in [-0.3, -0.25) is 10.2 Å².